The summed E-state index contributed by atoms with van der Waals surface area (Å²) in [6, 6.07) is 6.15. The second-order valence-electron chi connectivity index (χ2n) is 7.37. The van der Waals surface area contributed by atoms with Crippen molar-refractivity contribution in [2.45, 2.75) is 19.6 Å². The number of allylic oxidation sites excluding steroid dienone is 2. The van der Waals surface area contributed by atoms with Crippen molar-refractivity contribution < 1.29 is 9.72 Å². The molecule has 1 saturated heterocycles. The number of nitro groups is 1. The van der Waals surface area contributed by atoms with Crippen LogP contribution in [-0.4, -0.2) is 55.6 Å². The van der Waals surface area contributed by atoms with Crippen molar-refractivity contribution in [3.05, 3.63) is 91.1 Å². The standard InChI is InChI=1S/C21H24N6O6/c1-3-9-24-19(29)25(10-4-2)21(31)26(20(24)30)15-18(28)23-13-11-22(12-14-23)16-5-7-17(8-6-16)27(32)33/h3-8H,1-2,9-15H2. The average molecular weight is 456 g/mol. The van der Waals surface area contributed by atoms with Crippen LogP contribution in [0.3, 0.4) is 0 Å². The van der Waals surface area contributed by atoms with Crippen LogP contribution in [0.4, 0.5) is 11.4 Å². The number of piperazine rings is 1. The SMILES string of the molecule is C=CCn1c(=O)n(CC=C)c(=O)n(CC(=O)N2CCN(c3ccc([N+](=O)[O-])cc3)CC2)c1=O. The number of anilines is 1. The predicted molar refractivity (Wildman–Crippen MR) is 122 cm³/mol. The molecule has 33 heavy (non-hydrogen) atoms. The van der Waals surface area contributed by atoms with Gasteiger partial charge in [-0.3, -0.25) is 14.9 Å². The van der Waals surface area contributed by atoms with Gasteiger partial charge in [0, 0.05) is 44.0 Å². The third-order valence-corrected chi connectivity index (χ3v) is 5.36. The maximum absolute atomic E-state index is 12.9. The van der Waals surface area contributed by atoms with E-state index in [9.17, 15) is 29.3 Å². The van der Waals surface area contributed by atoms with E-state index in [1.54, 1.807) is 12.1 Å². The lowest BCUT2D eigenvalue weighted by molar-refractivity contribution is -0.384. The molecular weight excluding hydrogens is 432 g/mol. The van der Waals surface area contributed by atoms with Crippen LogP contribution in [0.5, 0.6) is 0 Å². The number of amides is 1. The number of benzene rings is 1. The smallest absolute Gasteiger partial charge is 0.337 e. The summed E-state index contributed by atoms with van der Waals surface area (Å²) in [5.74, 6) is -0.425. The fourth-order valence-electron chi connectivity index (χ4n) is 3.62. The Hall–Kier alpha value is -4.22. The van der Waals surface area contributed by atoms with Crippen molar-refractivity contribution in [3.63, 3.8) is 0 Å². The number of rotatable bonds is 8. The molecule has 2 heterocycles. The summed E-state index contributed by atoms with van der Waals surface area (Å²) in [5.41, 5.74) is -1.73. The number of carbonyl (C=O) groups is 1. The highest BCUT2D eigenvalue weighted by atomic mass is 16.6. The quantitative estimate of drug-likeness (QED) is 0.305. The Morgan fingerprint density at radius 2 is 1.36 bits per heavy atom. The Morgan fingerprint density at radius 1 is 0.879 bits per heavy atom. The van der Waals surface area contributed by atoms with Gasteiger partial charge in [-0.05, 0) is 12.1 Å². The third kappa shape index (κ3) is 4.84. The number of hydrogen-bond acceptors (Lipinski definition) is 7. The Labute approximate surface area is 188 Å². The average Bonchev–Trinajstić information content (AvgIpc) is 2.82. The lowest BCUT2D eigenvalue weighted by Gasteiger charge is -2.36. The van der Waals surface area contributed by atoms with Crippen LogP contribution >= 0.6 is 0 Å². The van der Waals surface area contributed by atoms with Gasteiger partial charge in [0.15, 0.2) is 0 Å². The van der Waals surface area contributed by atoms with Crippen molar-refractivity contribution in [2.24, 2.45) is 0 Å². The van der Waals surface area contributed by atoms with Crippen molar-refractivity contribution >= 4 is 17.3 Å². The van der Waals surface area contributed by atoms with Gasteiger partial charge in [-0.1, -0.05) is 12.2 Å². The molecule has 0 atom stereocenters. The van der Waals surface area contributed by atoms with Gasteiger partial charge in [-0.2, -0.15) is 0 Å². The summed E-state index contributed by atoms with van der Waals surface area (Å²) in [6.45, 7) is 7.99. The molecule has 2 aromatic rings. The summed E-state index contributed by atoms with van der Waals surface area (Å²) in [4.78, 5) is 64.6. The number of non-ortho nitro benzene ring substituents is 1. The Kier molecular flexibility index (Phi) is 7.06. The number of carbonyl (C=O) groups excluding carboxylic acids is 1. The fourth-order valence-corrected chi connectivity index (χ4v) is 3.62. The van der Waals surface area contributed by atoms with Gasteiger partial charge >= 0.3 is 17.1 Å². The van der Waals surface area contributed by atoms with Gasteiger partial charge in [0.05, 0.1) is 18.0 Å². The molecule has 0 unspecified atom stereocenters. The summed E-state index contributed by atoms with van der Waals surface area (Å²) in [6.07, 6.45) is 2.71. The maximum Gasteiger partial charge on any atom is 0.337 e. The van der Waals surface area contributed by atoms with Crippen LogP contribution in [0, 0.1) is 10.1 Å². The minimum atomic E-state index is -0.872. The monoisotopic (exact) mass is 456 g/mol. The third-order valence-electron chi connectivity index (χ3n) is 5.36. The van der Waals surface area contributed by atoms with E-state index in [4.69, 9.17) is 0 Å². The fraction of sp³-hybridized carbons (Fsp3) is 0.333. The minimum absolute atomic E-state index is 0.00194. The van der Waals surface area contributed by atoms with E-state index in [-0.39, 0.29) is 18.8 Å². The molecular formula is C21H24N6O6. The maximum atomic E-state index is 12.9. The first kappa shape index (κ1) is 23.4. The zero-order chi connectivity index (χ0) is 24.1. The van der Waals surface area contributed by atoms with Gasteiger partial charge < -0.3 is 9.80 Å². The van der Waals surface area contributed by atoms with Crippen LogP contribution in [0.15, 0.2) is 64.0 Å². The lowest BCUT2D eigenvalue weighted by Crippen LogP contribution is -2.56. The van der Waals surface area contributed by atoms with Crippen LogP contribution in [0.2, 0.25) is 0 Å². The normalized spacial score (nSPS) is 13.6. The second kappa shape index (κ2) is 9.94. The topological polar surface area (TPSA) is 133 Å². The molecule has 0 spiro atoms. The second-order valence-corrected chi connectivity index (χ2v) is 7.37. The molecule has 0 bridgehead atoms. The van der Waals surface area contributed by atoms with Gasteiger partial charge in [0.1, 0.15) is 6.54 Å². The van der Waals surface area contributed by atoms with Crippen molar-refractivity contribution in [2.75, 3.05) is 31.1 Å². The molecule has 1 aliphatic heterocycles. The highest BCUT2D eigenvalue weighted by molar-refractivity contribution is 5.76. The number of hydrogen-bond donors (Lipinski definition) is 0. The Morgan fingerprint density at radius 3 is 1.82 bits per heavy atom. The Bertz CT molecular complexity index is 1200. The van der Waals surface area contributed by atoms with E-state index in [1.165, 1.54) is 29.2 Å². The van der Waals surface area contributed by atoms with Gasteiger partial charge in [0.25, 0.3) is 5.69 Å². The molecule has 0 saturated carbocycles. The molecule has 1 aromatic heterocycles. The van der Waals surface area contributed by atoms with E-state index in [0.717, 1.165) is 19.4 Å². The first-order valence-corrected chi connectivity index (χ1v) is 10.2. The highest BCUT2D eigenvalue weighted by Gasteiger charge is 2.24. The molecule has 12 heteroatoms. The molecule has 174 valence electrons. The number of nitro benzene ring substituents is 1. The zero-order valence-electron chi connectivity index (χ0n) is 18.0. The molecule has 3 rings (SSSR count). The molecule has 1 fully saturated rings. The van der Waals surface area contributed by atoms with E-state index >= 15 is 0 Å². The van der Waals surface area contributed by atoms with Crippen LogP contribution in [-0.2, 0) is 24.4 Å². The summed E-state index contributed by atoms with van der Waals surface area (Å²) in [7, 11) is 0. The lowest BCUT2D eigenvalue weighted by atomic mass is 10.2. The Balaban J connectivity index is 1.76. The van der Waals surface area contributed by atoms with Crippen LogP contribution < -0.4 is 22.0 Å². The predicted octanol–water partition coefficient (Wildman–Crippen LogP) is -0.199. The van der Waals surface area contributed by atoms with E-state index in [2.05, 4.69) is 13.2 Å². The van der Waals surface area contributed by atoms with Crippen LogP contribution in [0.1, 0.15) is 0 Å². The zero-order valence-corrected chi connectivity index (χ0v) is 18.0. The molecule has 12 nitrogen and oxygen atoms in total. The molecule has 0 radical (unpaired) electrons. The van der Waals surface area contributed by atoms with Crippen molar-refractivity contribution in [1.82, 2.24) is 18.6 Å². The summed E-state index contributed by atoms with van der Waals surface area (Å²) >= 11 is 0. The van der Waals surface area contributed by atoms with Crippen molar-refractivity contribution in [3.8, 4) is 0 Å². The molecule has 0 aliphatic carbocycles. The molecule has 1 aliphatic rings. The van der Waals surface area contributed by atoms with Crippen LogP contribution in [0.25, 0.3) is 0 Å². The first-order chi connectivity index (χ1) is 15.8. The molecule has 1 aromatic carbocycles. The van der Waals surface area contributed by atoms with Gasteiger partial charge in [-0.15, -0.1) is 13.2 Å². The van der Waals surface area contributed by atoms with Gasteiger partial charge in [0.2, 0.25) is 5.91 Å². The number of aromatic nitrogens is 3. The highest BCUT2D eigenvalue weighted by Crippen LogP contribution is 2.20. The summed E-state index contributed by atoms with van der Waals surface area (Å²) < 4.78 is 2.44. The molecule has 0 N–H and O–H groups in total. The largest absolute Gasteiger partial charge is 0.368 e. The van der Waals surface area contributed by atoms with E-state index < -0.39 is 34.4 Å². The van der Waals surface area contributed by atoms with E-state index in [1.807, 2.05) is 4.90 Å². The van der Waals surface area contributed by atoms with E-state index in [0.29, 0.717) is 26.2 Å². The first-order valence-electron chi connectivity index (χ1n) is 10.2. The number of nitrogens with zero attached hydrogens (tertiary/aromatic N) is 6. The van der Waals surface area contributed by atoms with Gasteiger partial charge in [-0.25, -0.2) is 28.1 Å². The minimum Gasteiger partial charge on any atom is -0.368 e. The van der Waals surface area contributed by atoms with Crippen molar-refractivity contribution in [1.29, 1.82) is 0 Å². The summed E-state index contributed by atoms with van der Waals surface area (Å²) in [5, 5.41) is 10.8. The molecule has 1 amide bonds.